The number of hydrogen-bond donors (Lipinski definition) is 1. The van der Waals surface area contributed by atoms with Crippen LogP contribution in [0, 0.1) is 5.92 Å². The van der Waals surface area contributed by atoms with Crippen molar-refractivity contribution in [1.82, 2.24) is 10.3 Å². The first kappa shape index (κ1) is 12.3. The lowest BCUT2D eigenvalue weighted by Crippen LogP contribution is -2.30. The van der Waals surface area contributed by atoms with Gasteiger partial charge in [-0.1, -0.05) is 23.2 Å². The molecule has 3 rings (SSSR count). The smallest absolute Gasteiger partial charge is 0.195 e. The van der Waals surface area contributed by atoms with Crippen LogP contribution in [0.25, 0.3) is 11.1 Å². The van der Waals surface area contributed by atoms with Gasteiger partial charge in [0.2, 0.25) is 0 Å². The first-order valence-corrected chi connectivity index (χ1v) is 6.93. The van der Waals surface area contributed by atoms with Crippen LogP contribution in [-0.4, -0.2) is 18.1 Å². The summed E-state index contributed by atoms with van der Waals surface area (Å²) < 4.78 is 5.73. The van der Waals surface area contributed by atoms with Crippen LogP contribution in [0.2, 0.25) is 10.0 Å². The minimum atomic E-state index is 0.526. The molecule has 96 valence electrons. The van der Waals surface area contributed by atoms with Gasteiger partial charge in [-0.05, 0) is 44.0 Å². The Morgan fingerprint density at radius 3 is 3.06 bits per heavy atom. The molecule has 1 saturated heterocycles. The Morgan fingerprint density at radius 2 is 2.28 bits per heavy atom. The van der Waals surface area contributed by atoms with Crippen molar-refractivity contribution >= 4 is 34.3 Å². The van der Waals surface area contributed by atoms with E-state index in [1.807, 2.05) is 0 Å². The minimum Gasteiger partial charge on any atom is -0.439 e. The van der Waals surface area contributed by atoms with Crippen molar-refractivity contribution < 1.29 is 4.42 Å². The van der Waals surface area contributed by atoms with E-state index in [0.717, 1.165) is 30.9 Å². The van der Waals surface area contributed by atoms with E-state index in [-0.39, 0.29) is 0 Å². The van der Waals surface area contributed by atoms with Crippen LogP contribution in [0.3, 0.4) is 0 Å². The van der Waals surface area contributed by atoms with Crippen LogP contribution in [0.4, 0.5) is 0 Å². The molecule has 0 aliphatic carbocycles. The summed E-state index contributed by atoms with van der Waals surface area (Å²) >= 11 is 12.0. The molecular formula is C13H14Cl2N2O. The Hall–Kier alpha value is -0.770. The Bertz CT molecular complexity index is 561. The molecule has 0 spiro atoms. The monoisotopic (exact) mass is 284 g/mol. The number of fused-ring (bicyclic) bond motifs is 1. The Morgan fingerprint density at radius 1 is 1.39 bits per heavy atom. The molecule has 5 heteroatoms. The minimum absolute atomic E-state index is 0.526. The van der Waals surface area contributed by atoms with Crippen molar-refractivity contribution in [3.05, 3.63) is 28.1 Å². The van der Waals surface area contributed by atoms with Crippen molar-refractivity contribution in [2.75, 3.05) is 13.1 Å². The molecule has 1 unspecified atom stereocenters. The zero-order valence-electron chi connectivity index (χ0n) is 9.88. The third kappa shape index (κ3) is 2.48. The predicted octanol–water partition coefficient (Wildman–Crippen LogP) is 3.68. The zero-order chi connectivity index (χ0) is 12.5. The lowest BCUT2D eigenvalue weighted by atomic mass is 9.96. The van der Waals surface area contributed by atoms with Crippen molar-refractivity contribution in [3.8, 4) is 0 Å². The summed E-state index contributed by atoms with van der Waals surface area (Å²) in [6, 6.07) is 3.47. The molecule has 1 atom stereocenters. The van der Waals surface area contributed by atoms with E-state index in [4.69, 9.17) is 27.6 Å². The fourth-order valence-electron chi connectivity index (χ4n) is 2.44. The van der Waals surface area contributed by atoms with Crippen molar-refractivity contribution in [2.24, 2.45) is 5.92 Å². The quantitative estimate of drug-likeness (QED) is 0.914. The standard InChI is InChI=1S/C13H14Cl2N2O/c14-9-5-10(15)13-11(6-9)17-12(18-13)4-8-2-1-3-16-7-8/h5-6,8,16H,1-4,7H2. The number of rotatable bonds is 2. The summed E-state index contributed by atoms with van der Waals surface area (Å²) in [5.41, 5.74) is 1.38. The van der Waals surface area contributed by atoms with Crippen LogP contribution in [0.15, 0.2) is 16.5 Å². The highest BCUT2D eigenvalue weighted by atomic mass is 35.5. The average Bonchev–Trinajstić information content (AvgIpc) is 2.73. The predicted molar refractivity (Wildman–Crippen MR) is 73.3 cm³/mol. The second-order valence-corrected chi connectivity index (χ2v) is 5.60. The maximum absolute atomic E-state index is 6.09. The first-order valence-electron chi connectivity index (χ1n) is 6.17. The van der Waals surface area contributed by atoms with Crippen LogP contribution < -0.4 is 5.32 Å². The summed E-state index contributed by atoms with van der Waals surface area (Å²) in [6.07, 6.45) is 3.30. The van der Waals surface area contributed by atoms with E-state index in [1.54, 1.807) is 12.1 Å². The lowest BCUT2D eigenvalue weighted by Gasteiger charge is -2.21. The highest BCUT2D eigenvalue weighted by molar-refractivity contribution is 6.37. The third-order valence-electron chi connectivity index (χ3n) is 3.32. The zero-order valence-corrected chi connectivity index (χ0v) is 11.4. The largest absolute Gasteiger partial charge is 0.439 e. The maximum Gasteiger partial charge on any atom is 0.195 e. The summed E-state index contributed by atoms with van der Waals surface area (Å²) in [7, 11) is 0. The van der Waals surface area contributed by atoms with Gasteiger partial charge in [0.05, 0.1) is 5.02 Å². The number of oxazole rings is 1. The van der Waals surface area contributed by atoms with E-state index in [9.17, 15) is 0 Å². The Labute approximate surface area is 115 Å². The van der Waals surface area contributed by atoms with Gasteiger partial charge in [0.15, 0.2) is 11.5 Å². The van der Waals surface area contributed by atoms with Gasteiger partial charge >= 0.3 is 0 Å². The van der Waals surface area contributed by atoms with Crippen molar-refractivity contribution in [3.63, 3.8) is 0 Å². The SMILES string of the molecule is Clc1cc(Cl)c2oc(CC3CCCNC3)nc2c1. The number of aromatic nitrogens is 1. The molecule has 3 nitrogen and oxygen atoms in total. The Kier molecular flexibility index (Phi) is 3.46. The second kappa shape index (κ2) is 5.08. The summed E-state index contributed by atoms with van der Waals surface area (Å²) in [5.74, 6) is 1.35. The van der Waals surface area contributed by atoms with E-state index >= 15 is 0 Å². The number of nitrogens with zero attached hydrogens (tertiary/aromatic N) is 1. The van der Waals surface area contributed by atoms with Crippen LogP contribution in [0.5, 0.6) is 0 Å². The van der Waals surface area contributed by atoms with Crippen molar-refractivity contribution in [1.29, 1.82) is 0 Å². The molecule has 0 radical (unpaired) electrons. The summed E-state index contributed by atoms with van der Waals surface area (Å²) in [6.45, 7) is 2.15. The molecule has 2 heterocycles. The molecule has 1 aromatic heterocycles. The first-order chi connectivity index (χ1) is 8.72. The van der Waals surface area contributed by atoms with E-state index < -0.39 is 0 Å². The lowest BCUT2D eigenvalue weighted by molar-refractivity contribution is 0.349. The van der Waals surface area contributed by atoms with Crippen LogP contribution in [0.1, 0.15) is 18.7 Å². The number of hydrogen-bond acceptors (Lipinski definition) is 3. The van der Waals surface area contributed by atoms with Gasteiger partial charge in [-0.2, -0.15) is 0 Å². The van der Waals surface area contributed by atoms with Crippen LogP contribution >= 0.6 is 23.2 Å². The molecular weight excluding hydrogens is 271 g/mol. The summed E-state index contributed by atoms with van der Waals surface area (Å²) in [4.78, 5) is 4.47. The highest BCUT2D eigenvalue weighted by Gasteiger charge is 2.17. The molecule has 0 amide bonds. The maximum atomic E-state index is 6.09. The fraction of sp³-hybridized carbons (Fsp3) is 0.462. The molecule has 0 saturated carbocycles. The van der Waals surface area contributed by atoms with E-state index in [2.05, 4.69) is 10.3 Å². The molecule has 1 aromatic carbocycles. The number of nitrogens with one attached hydrogen (secondary N) is 1. The molecule has 2 aromatic rings. The molecule has 1 aliphatic heterocycles. The van der Waals surface area contributed by atoms with Gasteiger partial charge in [-0.15, -0.1) is 0 Å². The van der Waals surface area contributed by atoms with E-state index in [1.165, 1.54) is 12.8 Å². The molecule has 18 heavy (non-hydrogen) atoms. The topological polar surface area (TPSA) is 38.1 Å². The fourth-order valence-corrected chi connectivity index (χ4v) is 2.96. The van der Waals surface area contributed by atoms with Gasteiger partial charge in [0.1, 0.15) is 5.52 Å². The highest BCUT2D eigenvalue weighted by Crippen LogP contribution is 2.29. The Balaban J connectivity index is 1.86. The average molecular weight is 285 g/mol. The third-order valence-corrected chi connectivity index (χ3v) is 3.82. The molecule has 1 N–H and O–H groups in total. The van der Waals surface area contributed by atoms with Gasteiger partial charge in [-0.3, -0.25) is 0 Å². The number of halogens is 2. The van der Waals surface area contributed by atoms with Gasteiger partial charge < -0.3 is 9.73 Å². The van der Waals surface area contributed by atoms with Crippen molar-refractivity contribution in [2.45, 2.75) is 19.3 Å². The molecule has 1 fully saturated rings. The normalized spacial score (nSPS) is 20.4. The van der Waals surface area contributed by atoms with Crippen LogP contribution in [-0.2, 0) is 6.42 Å². The van der Waals surface area contributed by atoms with Gasteiger partial charge in [0, 0.05) is 11.4 Å². The van der Waals surface area contributed by atoms with Gasteiger partial charge in [-0.25, -0.2) is 4.98 Å². The second-order valence-electron chi connectivity index (χ2n) is 4.76. The van der Waals surface area contributed by atoms with Gasteiger partial charge in [0.25, 0.3) is 0 Å². The molecule has 1 aliphatic rings. The summed E-state index contributed by atoms with van der Waals surface area (Å²) in [5, 5.41) is 4.51. The number of benzene rings is 1. The molecule has 0 bridgehead atoms. The van der Waals surface area contributed by atoms with E-state index in [0.29, 0.717) is 21.5 Å². The number of piperidine rings is 1.